The minimum absolute atomic E-state index is 0.0588. The third kappa shape index (κ3) is 2.27. The van der Waals surface area contributed by atoms with Crippen LogP contribution in [-0.2, 0) is 0 Å². The Hall–Kier alpha value is -1.00. The van der Waals surface area contributed by atoms with Crippen molar-refractivity contribution < 1.29 is 13.6 Å². The Balaban J connectivity index is 3.13. The molecule has 1 aromatic rings. The third-order valence-corrected chi connectivity index (χ3v) is 1.91. The average molecular weight is 220 g/mol. The van der Waals surface area contributed by atoms with Crippen molar-refractivity contribution in [2.45, 2.75) is 0 Å². The van der Waals surface area contributed by atoms with Gasteiger partial charge in [0, 0.05) is 0 Å². The SMILES string of the molecule is CNCC(=O)c1cc(F)cc(Cl)c1F. The number of halogens is 3. The molecule has 0 unspecified atom stereocenters. The first kappa shape index (κ1) is 11.1. The Morgan fingerprint density at radius 2 is 2.14 bits per heavy atom. The number of likely N-dealkylation sites (N-methyl/N-ethyl adjacent to an activating group) is 1. The number of carbonyl (C=O) groups is 1. The van der Waals surface area contributed by atoms with E-state index in [1.165, 1.54) is 7.05 Å². The first-order valence-corrected chi connectivity index (χ1v) is 4.26. The van der Waals surface area contributed by atoms with Gasteiger partial charge in [-0.25, -0.2) is 8.78 Å². The van der Waals surface area contributed by atoms with Crippen LogP contribution in [0.3, 0.4) is 0 Å². The van der Waals surface area contributed by atoms with Crippen LogP contribution in [0.15, 0.2) is 12.1 Å². The summed E-state index contributed by atoms with van der Waals surface area (Å²) in [5, 5.41) is 2.17. The Bertz CT molecular complexity index is 368. The molecule has 0 aromatic heterocycles. The number of hydrogen-bond acceptors (Lipinski definition) is 2. The molecule has 0 radical (unpaired) electrons. The standard InChI is InChI=1S/C9H8ClF2NO/c1-13-4-8(14)6-2-5(11)3-7(10)9(6)12/h2-3,13H,4H2,1H3. The first-order valence-electron chi connectivity index (χ1n) is 3.88. The molecule has 1 N–H and O–H groups in total. The van der Waals surface area contributed by atoms with E-state index in [1.54, 1.807) is 0 Å². The molecule has 0 aliphatic carbocycles. The normalized spacial score (nSPS) is 10.3. The Morgan fingerprint density at radius 3 is 2.71 bits per heavy atom. The van der Waals surface area contributed by atoms with E-state index < -0.39 is 17.4 Å². The molecule has 0 amide bonds. The van der Waals surface area contributed by atoms with Crippen LogP contribution in [0.2, 0.25) is 5.02 Å². The molecule has 0 fully saturated rings. The van der Waals surface area contributed by atoms with E-state index in [9.17, 15) is 13.6 Å². The van der Waals surface area contributed by atoms with Gasteiger partial charge in [-0.05, 0) is 19.2 Å². The monoisotopic (exact) mass is 219 g/mol. The number of Topliss-reactive ketones (excluding diaryl/α,β-unsaturated/α-hetero) is 1. The van der Waals surface area contributed by atoms with E-state index >= 15 is 0 Å². The molecule has 1 rings (SSSR count). The average Bonchev–Trinajstić information content (AvgIpc) is 2.11. The summed E-state index contributed by atoms with van der Waals surface area (Å²) in [5.41, 5.74) is -0.329. The van der Waals surface area contributed by atoms with E-state index in [0.29, 0.717) is 0 Å². The van der Waals surface area contributed by atoms with E-state index in [-0.39, 0.29) is 17.1 Å². The number of hydrogen-bond donors (Lipinski definition) is 1. The summed E-state index contributed by atoms with van der Waals surface area (Å²) in [6, 6.07) is 1.66. The van der Waals surface area contributed by atoms with Crippen molar-refractivity contribution >= 4 is 17.4 Å². The second-order valence-electron chi connectivity index (χ2n) is 2.70. The van der Waals surface area contributed by atoms with Crippen LogP contribution >= 0.6 is 11.6 Å². The third-order valence-electron chi connectivity index (χ3n) is 1.63. The van der Waals surface area contributed by atoms with Crippen LogP contribution in [0.4, 0.5) is 8.78 Å². The van der Waals surface area contributed by atoms with Gasteiger partial charge >= 0.3 is 0 Å². The van der Waals surface area contributed by atoms with Crippen LogP contribution in [-0.4, -0.2) is 19.4 Å². The molecule has 1 aromatic carbocycles. The van der Waals surface area contributed by atoms with Gasteiger partial charge in [0.15, 0.2) is 11.6 Å². The van der Waals surface area contributed by atoms with Gasteiger partial charge in [-0.3, -0.25) is 4.79 Å². The molecule has 76 valence electrons. The molecular weight excluding hydrogens is 212 g/mol. The molecule has 0 aliphatic rings. The maximum Gasteiger partial charge on any atom is 0.179 e. The van der Waals surface area contributed by atoms with E-state index in [1.807, 2.05) is 0 Å². The zero-order valence-electron chi connectivity index (χ0n) is 7.40. The van der Waals surface area contributed by atoms with Crippen molar-refractivity contribution in [1.82, 2.24) is 5.32 Å². The van der Waals surface area contributed by atoms with Gasteiger partial charge in [0.1, 0.15) is 5.82 Å². The fourth-order valence-electron chi connectivity index (χ4n) is 1.01. The van der Waals surface area contributed by atoms with E-state index in [4.69, 9.17) is 11.6 Å². The minimum atomic E-state index is -0.881. The number of rotatable bonds is 3. The zero-order chi connectivity index (χ0) is 10.7. The highest BCUT2D eigenvalue weighted by atomic mass is 35.5. The predicted molar refractivity (Wildman–Crippen MR) is 49.6 cm³/mol. The lowest BCUT2D eigenvalue weighted by molar-refractivity contribution is 0.0989. The van der Waals surface area contributed by atoms with E-state index in [2.05, 4.69) is 5.32 Å². The van der Waals surface area contributed by atoms with Gasteiger partial charge < -0.3 is 5.32 Å². The van der Waals surface area contributed by atoms with Gasteiger partial charge in [-0.1, -0.05) is 11.6 Å². The Labute approximate surface area is 84.9 Å². The molecule has 0 spiro atoms. The van der Waals surface area contributed by atoms with Crippen LogP contribution in [0, 0.1) is 11.6 Å². The van der Waals surface area contributed by atoms with Gasteiger partial charge in [-0.15, -0.1) is 0 Å². The molecule has 0 aliphatic heterocycles. The van der Waals surface area contributed by atoms with Gasteiger partial charge in [0.25, 0.3) is 0 Å². The Morgan fingerprint density at radius 1 is 1.50 bits per heavy atom. The zero-order valence-corrected chi connectivity index (χ0v) is 8.16. The van der Waals surface area contributed by atoms with E-state index in [0.717, 1.165) is 12.1 Å². The molecular formula is C9H8ClF2NO. The maximum absolute atomic E-state index is 13.2. The van der Waals surface area contributed by atoms with Crippen LogP contribution in [0.25, 0.3) is 0 Å². The van der Waals surface area contributed by atoms with Crippen molar-refractivity contribution in [2.75, 3.05) is 13.6 Å². The predicted octanol–water partition coefficient (Wildman–Crippen LogP) is 2.02. The highest BCUT2D eigenvalue weighted by molar-refractivity contribution is 6.31. The van der Waals surface area contributed by atoms with Gasteiger partial charge in [0.2, 0.25) is 0 Å². The summed E-state index contributed by atoms with van der Waals surface area (Å²) in [4.78, 5) is 11.2. The van der Waals surface area contributed by atoms with Gasteiger partial charge in [-0.2, -0.15) is 0 Å². The fraction of sp³-hybridized carbons (Fsp3) is 0.222. The molecule has 0 saturated heterocycles. The van der Waals surface area contributed by atoms with Gasteiger partial charge in [0.05, 0.1) is 17.1 Å². The summed E-state index contributed by atoms with van der Waals surface area (Å²) in [6.07, 6.45) is 0. The smallest absolute Gasteiger partial charge is 0.179 e. The maximum atomic E-state index is 13.2. The molecule has 0 atom stereocenters. The number of carbonyl (C=O) groups excluding carboxylic acids is 1. The topological polar surface area (TPSA) is 29.1 Å². The van der Waals surface area contributed by atoms with Crippen molar-refractivity contribution in [1.29, 1.82) is 0 Å². The molecule has 2 nitrogen and oxygen atoms in total. The first-order chi connectivity index (χ1) is 6.56. The Kier molecular flexibility index (Phi) is 3.55. The van der Waals surface area contributed by atoms with Crippen LogP contribution in [0.5, 0.6) is 0 Å². The molecule has 5 heteroatoms. The highest BCUT2D eigenvalue weighted by Gasteiger charge is 2.15. The second-order valence-corrected chi connectivity index (χ2v) is 3.11. The molecule has 14 heavy (non-hydrogen) atoms. The molecule has 0 heterocycles. The highest BCUT2D eigenvalue weighted by Crippen LogP contribution is 2.20. The summed E-state index contributed by atoms with van der Waals surface area (Å²) in [7, 11) is 1.54. The largest absolute Gasteiger partial charge is 0.313 e. The lowest BCUT2D eigenvalue weighted by Gasteiger charge is -2.03. The van der Waals surface area contributed by atoms with Crippen LogP contribution < -0.4 is 5.32 Å². The molecule has 0 saturated carbocycles. The summed E-state index contributed by atoms with van der Waals surface area (Å²) < 4.78 is 26.0. The quantitative estimate of drug-likeness (QED) is 0.623. The lowest BCUT2D eigenvalue weighted by atomic mass is 10.1. The van der Waals surface area contributed by atoms with Crippen LogP contribution in [0.1, 0.15) is 10.4 Å². The minimum Gasteiger partial charge on any atom is -0.313 e. The summed E-state index contributed by atoms with van der Waals surface area (Å²) in [5.74, 6) is -2.14. The summed E-state index contributed by atoms with van der Waals surface area (Å²) in [6.45, 7) is -0.0588. The van der Waals surface area contributed by atoms with Crippen molar-refractivity contribution in [3.05, 3.63) is 34.4 Å². The number of nitrogens with one attached hydrogen (secondary N) is 1. The van der Waals surface area contributed by atoms with Crippen molar-refractivity contribution in [3.63, 3.8) is 0 Å². The van der Waals surface area contributed by atoms with Crippen molar-refractivity contribution in [2.24, 2.45) is 0 Å². The number of benzene rings is 1. The number of ketones is 1. The van der Waals surface area contributed by atoms with Crippen molar-refractivity contribution in [3.8, 4) is 0 Å². The summed E-state index contributed by atoms with van der Waals surface area (Å²) >= 11 is 5.38. The second kappa shape index (κ2) is 4.48. The molecule has 0 bridgehead atoms. The lowest BCUT2D eigenvalue weighted by Crippen LogP contribution is -2.19. The fourth-order valence-corrected chi connectivity index (χ4v) is 1.22.